The first-order valence-corrected chi connectivity index (χ1v) is 6.08. The van der Waals surface area contributed by atoms with Crippen molar-refractivity contribution in [2.75, 3.05) is 5.32 Å². The number of halogens is 1. The molecule has 0 aromatic carbocycles. The molecule has 0 saturated heterocycles. The van der Waals surface area contributed by atoms with E-state index in [2.05, 4.69) is 49.9 Å². The van der Waals surface area contributed by atoms with E-state index in [-0.39, 0.29) is 0 Å². The Bertz CT molecular complexity index is 350. The Morgan fingerprint density at radius 2 is 1.75 bits per heavy atom. The van der Waals surface area contributed by atoms with E-state index < -0.39 is 0 Å². The standard InChI is InChI=1S/C12H20ClN3/c1-7(2)9(5)16-12-10(8(3)4)11(13)14-6-15-12/h6-9H,1-5H3,(H,14,15,16). The van der Waals surface area contributed by atoms with Crippen molar-refractivity contribution in [2.45, 2.75) is 46.6 Å². The maximum atomic E-state index is 6.10. The molecule has 0 bridgehead atoms. The van der Waals surface area contributed by atoms with Gasteiger partial charge in [-0.05, 0) is 18.8 Å². The van der Waals surface area contributed by atoms with Gasteiger partial charge in [0.1, 0.15) is 17.3 Å². The zero-order chi connectivity index (χ0) is 12.3. The second-order valence-electron chi connectivity index (χ2n) is 4.76. The summed E-state index contributed by atoms with van der Waals surface area (Å²) < 4.78 is 0. The topological polar surface area (TPSA) is 37.8 Å². The molecule has 0 aliphatic heterocycles. The molecule has 16 heavy (non-hydrogen) atoms. The monoisotopic (exact) mass is 241 g/mol. The molecule has 0 saturated carbocycles. The highest BCUT2D eigenvalue weighted by atomic mass is 35.5. The summed E-state index contributed by atoms with van der Waals surface area (Å²) in [5.41, 5.74) is 0.997. The lowest BCUT2D eigenvalue weighted by Crippen LogP contribution is -2.23. The van der Waals surface area contributed by atoms with Crippen LogP contribution in [-0.4, -0.2) is 16.0 Å². The highest BCUT2D eigenvalue weighted by Gasteiger charge is 2.16. The van der Waals surface area contributed by atoms with Crippen molar-refractivity contribution in [3.8, 4) is 0 Å². The Labute approximate surface area is 103 Å². The van der Waals surface area contributed by atoms with Crippen LogP contribution in [0.1, 0.15) is 46.1 Å². The maximum Gasteiger partial charge on any atom is 0.138 e. The smallest absolute Gasteiger partial charge is 0.138 e. The minimum Gasteiger partial charge on any atom is -0.367 e. The molecule has 1 aromatic heterocycles. The Morgan fingerprint density at radius 1 is 1.12 bits per heavy atom. The molecule has 0 radical (unpaired) electrons. The molecule has 1 unspecified atom stereocenters. The van der Waals surface area contributed by atoms with Crippen LogP contribution in [-0.2, 0) is 0 Å². The van der Waals surface area contributed by atoms with Gasteiger partial charge in [-0.3, -0.25) is 0 Å². The summed E-state index contributed by atoms with van der Waals surface area (Å²) in [4.78, 5) is 8.30. The lowest BCUT2D eigenvalue weighted by molar-refractivity contribution is 0.557. The fraction of sp³-hybridized carbons (Fsp3) is 0.667. The third-order valence-corrected chi connectivity index (χ3v) is 3.08. The zero-order valence-corrected chi connectivity index (χ0v) is 11.3. The molecular formula is C12H20ClN3. The molecule has 90 valence electrons. The number of hydrogen-bond acceptors (Lipinski definition) is 3. The Balaban J connectivity index is 2.99. The van der Waals surface area contributed by atoms with Crippen LogP contribution in [0.4, 0.5) is 5.82 Å². The average Bonchev–Trinajstić information content (AvgIpc) is 2.16. The third-order valence-electron chi connectivity index (χ3n) is 2.78. The number of aromatic nitrogens is 2. The van der Waals surface area contributed by atoms with E-state index >= 15 is 0 Å². The second kappa shape index (κ2) is 5.48. The fourth-order valence-corrected chi connectivity index (χ4v) is 1.73. The first-order valence-electron chi connectivity index (χ1n) is 5.70. The van der Waals surface area contributed by atoms with E-state index in [0.29, 0.717) is 23.0 Å². The van der Waals surface area contributed by atoms with Gasteiger partial charge in [0.2, 0.25) is 0 Å². The largest absolute Gasteiger partial charge is 0.367 e. The van der Waals surface area contributed by atoms with Gasteiger partial charge in [0.15, 0.2) is 0 Å². The molecular weight excluding hydrogens is 222 g/mol. The third kappa shape index (κ3) is 3.08. The Kier molecular flexibility index (Phi) is 4.54. The van der Waals surface area contributed by atoms with Crippen molar-refractivity contribution in [1.82, 2.24) is 9.97 Å². The summed E-state index contributed by atoms with van der Waals surface area (Å²) in [6.45, 7) is 10.7. The van der Waals surface area contributed by atoms with Crippen molar-refractivity contribution in [3.63, 3.8) is 0 Å². The lowest BCUT2D eigenvalue weighted by Gasteiger charge is -2.21. The summed E-state index contributed by atoms with van der Waals surface area (Å²) in [5.74, 6) is 1.72. The van der Waals surface area contributed by atoms with Crippen molar-refractivity contribution < 1.29 is 0 Å². The summed E-state index contributed by atoms with van der Waals surface area (Å²) in [6, 6.07) is 0.364. The molecule has 0 spiro atoms. The molecule has 1 rings (SSSR count). The summed E-state index contributed by atoms with van der Waals surface area (Å²) in [7, 11) is 0. The van der Waals surface area contributed by atoms with E-state index in [9.17, 15) is 0 Å². The van der Waals surface area contributed by atoms with Gasteiger partial charge in [-0.1, -0.05) is 39.3 Å². The fourth-order valence-electron chi connectivity index (χ4n) is 1.38. The quantitative estimate of drug-likeness (QED) is 0.817. The van der Waals surface area contributed by atoms with E-state index in [1.807, 2.05) is 0 Å². The second-order valence-corrected chi connectivity index (χ2v) is 5.12. The molecule has 0 fully saturated rings. The highest BCUT2D eigenvalue weighted by Crippen LogP contribution is 2.28. The van der Waals surface area contributed by atoms with Crippen molar-refractivity contribution in [1.29, 1.82) is 0 Å². The normalized spacial score (nSPS) is 13.2. The van der Waals surface area contributed by atoms with Crippen LogP contribution in [0.15, 0.2) is 6.33 Å². The molecule has 1 heterocycles. The van der Waals surface area contributed by atoms with Crippen LogP contribution in [0.2, 0.25) is 5.15 Å². The lowest BCUT2D eigenvalue weighted by atomic mass is 10.0. The van der Waals surface area contributed by atoms with Crippen molar-refractivity contribution in [2.24, 2.45) is 5.92 Å². The van der Waals surface area contributed by atoms with E-state index in [4.69, 9.17) is 11.6 Å². The molecule has 4 heteroatoms. The maximum absolute atomic E-state index is 6.10. The number of nitrogens with zero attached hydrogens (tertiary/aromatic N) is 2. The summed E-state index contributed by atoms with van der Waals surface area (Å²) in [6.07, 6.45) is 1.50. The zero-order valence-electron chi connectivity index (χ0n) is 10.6. The highest BCUT2D eigenvalue weighted by molar-refractivity contribution is 6.30. The Morgan fingerprint density at radius 3 is 2.25 bits per heavy atom. The predicted molar refractivity (Wildman–Crippen MR) is 69.1 cm³/mol. The van der Waals surface area contributed by atoms with E-state index in [1.54, 1.807) is 0 Å². The van der Waals surface area contributed by atoms with Gasteiger partial charge < -0.3 is 5.32 Å². The minimum atomic E-state index is 0.315. The number of nitrogens with one attached hydrogen (secondary N) is 1. The van der Waals surface area contributed by atoms with Gasteiger partial charge in [-0.15, -0.1) is 0 Å². The van der Waals surface area contributed by atoms with Crippen LogP contribution in [0, 0.1) is 5.92 Å². The molecule has 0 aliphatic rings. The SMILES string of the molecule is CC(C)c1c(Cl)ncnc1NC(C)C(C)C. The summed E-state index contributed by atoms with van der Waals surface area (Å²) >= 11 is 6.10. The number of anilines is 1. The van der Waals surface area contributed by atoms with Crippen LogP contribution < -0.4 is 5.32 Å². The van der Waals surface area contributed by atoms with Gasteiger partial charge >= 0.3 is 0 Å². The van der Waals surface area contributed by atoms with Crippen LogP contribution in [0.5, 0.6) is 0 Å². The summed E-state index contributed by atoms with van der Waals surface area (Å²) in [5, 5.41) is 3.94. The van der Waals surface area contributed by atoms with Gasteiger partial charge in [0.25, 0.3) is 0 Å². The number of hydrogen-bond donors (Lipinski definition) is 1. The molecule has 1 N–H and O–H groups in total. The van der Waals surface area contributed by atoms with Crippen LogP contribution in [0.25, 0.3) is 0 Å². The molecule has 0 amide bonds. The molecule has 3 nitrogen and oxygen atoms in total. The predicted octanol–water partition coefficient (Wildman–Crippen LogP) is 3.71. The average molecular weight is 242 g/mol. The molecule has 0 aliphatic carbocycles. The van der Waals surface area contributed by atoms with Crippen LogP contribution >= 0.6 is 11.6 Å². The van der Waals surface area contributed by atoms with Gasteiger partial charge in [-0.25, -0.2) is 9.97 Å². The molecule has 1 aromatic rings. The van der Waals surface area contributed by atoms with Gasteiger partial charge in [-0.2, -0.15) is 0 Å². The van der Waals surface area contributed by atoms with Crippen molar-refractivity contribution >= 4 is 17.4 Å². The van der Waals surface area contributed by atoms with Crippen LogP contribution in [0.3, 0.4) is 0 Å². The van der Waals surface area contributed by atoms with E-state index in [1.165, 1.54) is 6.33 Å². The molecule has 1 atom stereocenters. The minimum absolute atomic E-state index is 0.315. The van der Waals surface area contributed by atoms with E-state index in [0.717, 1.165) is 11.4 Å². The van der Waals surface area contributed by atoms with Gasteiger partial charge in [0, 0.05) is 11.6 Å². The van der Waals surface area contributed by atoms with Crippen molar-refractivity contribution in [3.05, 3.63) is 17.0 Å². The number of rotatable bonds is 4. The van der Waals surface area contributed by atoms with Gasteiger partial charge in [0.05, 0.1) is 0 Å². The first kappa shape index (κ1) is 13.2. The first-order chi connectivity index (χ1) is 7.43. The Hall–Kier alpha value is -0.830.